The smallest absolute Gasteiger partial charge is 0.317 e. The van der Waals surface area contributed by atoms with Gasteiger partial charge in [0.05, 0.1) is 13.2 Å². The zero-order valence-corrected chi connectivity index (χ0v) is 19.5. The average molecular weight is 467 g/mol. The van der Waals surface area contributed by atoms with Gasteiger partial charge in [0.25, 0.3) is 0 Å². The van der Waals surface area contributed by atoms with Crippen molar-refractivity contribution in [3.63, 3.8) is 0 Å². The largest absolute Gasteiger partial charge is 0.378 e. The number of thiophene rings is 1. The highest BCUT2D eigenvalue weighted by atomic mass is 32.1. The summed E-state index contributed by atoms with van der Waals surface area (Å²) in [5, 5.41) is 6.44. The number of para-hydroxylation sites is 1. The van der Waals surface area contributed by atoms with Crippen molar-refractivity contribution in [1.82, 2.24) is 20.1 Å². The first kappa shape index (κ1) is 22.0. The van der Waals surface area contributed by atoms with Crippen molar-refractivity contribution in [2.75, 3.05) is 45.9 Å². The highest BCUT2D eigenvalue weighted by Crippen LogP contribution is 2.33. The number of hydrogen-bond acceptors (Lipinski definition) is 4. The van der Waals surface area contributed by atoms with Gasteiger partial charge in [0.15, 0.2) is 0 Å². The number of aromatic nitrogens is 1. The molecule has 3 amide bonds. The lowest BCUT2D eigenvalue weighted by Gasteiger charge is -2.35. The summed E-state index contributed by atoms with van der Waals surface area (Å²) in [6, 6.07) is 12.4. The number of fused-ring (bicyclic) bond motifs is 1. The molecule has 2 aromatic heterocycles. The highest BCUT2D eigenvalue weighted by molar-refractivity contribution is 7.10. The van der Waals surface area contributed by atoms with Crippen molar-refractivity contribution in [1.29, 1.82) is 0 Å². The number of carbonyl (C=O) groups is 2. The van der Waals surface area contributed by atoms with Crippen molar-refractivity contribution in [3.8, 4) is 0 Å². The molecule has 2 aliphatic heterocycles. The predicted octanol–water partition coefficient (Wildman–Crippen LogP) is 3.64. The molecule has 1 aromatic carbocycles. The van der Waals surface area contributed by atoms with Crippen LogP contribution in [0.1, 0.15) is 29.2 Å². The Balaban J connectivity index is 1.20. The minimum atomic E-state index is -0.0475. The molecule has 8 heteroatoms. The molecule has 2 fully saturated rings. The van der Waals surface area contributed by atoms with Gasteiger partial charge in [-0.05, 0) is 35.9 Å². The molecule has 0 radical (unpaired) electrons. The number of ether oxygens (including phenoxy) is 1. The van der Waals surface area contributed by atoms with Crippen molar-refractivity contribution in [2.24, 2.45) is 5.92 Å². The summed E-state index contributed by atoms with van der Waals surface area (Å²) in [4.78, 5) is 34.1. The van der Waals surface area contributed by atoms with Crippen LogP contribution in [0.4, 0.5) is 4.79 Å². The second-order valence-electron chi connectivity index (χ2n) is 8.74. The van der Waals surface area contributed by atoms with Crippen LogP contribution in [0.5, 0.6) is 0 Å². The second-order valence-corrected chi connectivity index (χ2v) is 9.72. The first-order valence-corrected chi connectivity index (χ1v) is 12.6. The first-order valence-electron chi connectivity index (χ1n) is 11.7. The Hall–Kier alpha value is -2.84. The molecule has 33 heavy (non-hydrogen) atoms. The fraction of sp³-hybridized carbons (Fsp3) is 0.440. The van der Waals surface area contributed by atoms with Crippen LogP contribution in [0.15, 0.2) is 48.0 Å². The third-order valence-corrected chi connectivity index (χ3v) is 7.78. The molecule has 2 aliphatic rings. The number of nitrogens with zero attached hydrogens (tertiary/aromatic N) is 2. The van der Waals surface area contributed by atoms with Gasteiger partial charge in [-0.25, -0.2) is 4.79 Å². The Labute approximate surface area is 197 Å². The van der Waals surface area contributed by atoms with Gasteiger partial charge < -0.3 is 24.8 Å². The van der Waals surface area contributed by atoms with E-state index in [-0.39, 0.29) is 23.8 Å². The lowest BCUT2D eigenvalue weighted by molar-refractivity contribution is -0.141. The molecule has 2 N–H and O–H groups in total. The van der Waals surface area contributed by atoms with Crippen LogP contribution >= 0.6 is 11.3 Å². The summed E-state index contributed by atoms with van der Waals surface area (Å²) in [6.07, 6.45) is 3.50. The zero-order chi connectivity index (χ0) is 22.6. The van der Waals surface area contributed by atoms with E-state index < -0.39 is 0 Å². The van der Waals surface area contributed by atoms with Crippen molar-refractivity contribution in [2.45, 2.75) is 18.8 Å². The molecular weight excluding hydrogens is 436 g/mol. The molecule has 4 heterocycles. The number of carbonyl (C=O) groups excluding carboxylic acids is 2. The molecule has 0 spiro atoms. The van der Waals surface area contributed by atoms with Crippen molar-refractivity contribution < 1.29 is 14.3 Å². The van der Waals surface area contributed by atoms with E-state index in [9.17, 15) is 9.59 Å². The van der Waals surface area contributed by atoms with E-state index in [1.807, 2.05) is 21.9 Å². The molecule has 0 unspecified atom stereocenters. The van der Waals surface area contributed by atoms with Gasteiger partial charge in [0.2, 0.25) is 5.91 Å². The number of rotatable bonds is 5. The van der Waals surface area contributed by atoms with E-state index in [2.05, 4.69) is 46.1 Å². The molecular formula is C25H30N4O3S. The minimum absolute atomic E-state index is 0.0113. The number of piperidine rings is 1. The van der Waals surface area contributed by atoms with Crippen LogP contribution in [0, 0.1) is 5.92 Å². The van der Waals surface area contributed by atoms with Gasteiger partial charge in [-0.2, -0.15) is 0 Å². The van der Waals surface area contributed by atoms with Crippen LogP contribution in [-0.2, 0) is 9.53 Å². The third-order valence-electron chi connectivity index (χ3n) is 6.79. The Kier molecular flexibility index (Phi) is 6.64. The maximum absolute atomic E-state index is 13.0. The molecule has 1 atom stereocenters. The Bertz CT molecular complexity index is 1080. The van der Waals surface area contributed by atoms with E-state index in [1.165, 1.54) is 15.8 Å². The van der Waals surface area contributed by atoms with Gasteiger partial charge in [0.1, 0.15) is 0 Å². The van der Waals surface area contributed by atoms with Crippen LogP contribution in [0.25, 0.3) is 10.9 Å². The minimum Gasteiger partial charge on any atom is -0.378 e. The number of morpholine rings is 1. The summed E-state index contributed by atoms with van der Waals surface area (Å²) in [7, 11) is 0. The molecule has 0 aliphatic carbocycles. The summed E-state index contributed by atoms with van der Waals surface area (Å²) in [6.45, 7) is 4.36. The molecule has 174 valence electrons. The normalized spacial score (nSPS) is 18.4. The van der Waals surface area contributed by atoms with Gasteiger partial charge in [-0.15, -0.1) is 11.3 Å². The maximum atomic E-state index is 13.0. The quantitative estimate of drug-likeness (QED) is 0.603. The van der Waals surface area contributed by atoms with Crippen LogP contribution in [0.3, 0.4) is 0 Å². The topological polar surface area (TPSA) is 77.7 Å². The van der Waals surface area contributed by atoms with E-state index in [4.69, 9.17) is 4.74 Å². The fourth-order valence-corrected chi connectivity index (χ4v) is 5.75. The van der Waals surface area contributed by atoms with E-state index in [0.29, 0.717) is 45.9 Å². The van der Waals surface area contributed by atoms with Gasteiger partial charge in [0, 0.05) is 66.5 Å². The van der Waals surface area contributed by atoms with Crippen LogP contribution in [0.2, 0.25) is 0 Å². The van der Waals surface area contributed by atoms with Gasteiger partial charge in [-0.3, -0.25) is 4.79 Å². The number of amides is 3. The second kappa shape index (κ2) is 9.97. The number of aromatic amines is 1. The lowest BCUT2D eigenvalue weighted by atomic mass is 9.95. The molecule has 5 rings (SSSR count). The molecule has 0 bridgehead atoms. The van der Waals surface area contributed by atoms with E-state index in [0.717, 1.165) is 18.4 Å². The molecule has 7 nitrogen and oxygen atoms in total. The predicted molar refractivity (Wildman–Crippen MR) is 130 cm³/mol. The summed E-state index contributed by atoms with van der Waals surface area (Å²) in [5.41, 5.74) is 2.30. The number of H-pyrrole nitrogens is 1. The van der Waals surface area contributed by atoms with Crippen LogP contribution < -0.4 is 5.32 Å². The Morgan fingerprint density at radius 2 is 1.85 bits per heavy atom. The molecule has 2 saturated heterocycles. The molecule has 0 saturated carbocycles. The summed E-state index contributed by atoms with van der Waals surface area (Å²) in [5.74, 6) is 0.318. The fourth-order valence-electron chi connectivity index (χ4n) is 4.91. The summed E-state index contributed by atoms with van der Waals surface area (Å²) < 4.78 is 5.35. The number of likely N-dealkylation sites (tertiary alicyclic amines) is 1. The zero-order valence-electron chi connectivity index (χ0n) is 18.7. The number of hydrogen-bond donors (Lipinski definition) is 2. The molecule has 3 aromatic rings. The Morgan fingerprint density at radius 1 is 1.06 bits per heavy atom. The number of benzene rings is 1. The maximum Gasteiger partial charge on any atom is 0.317 e. The van der Waals surface area contributed by atoms with Gasteiger partial charge in [-0.1, -0.05) is 24.3 Å². The van der Waals surface area contributed by atoms with E-state index in [1.54, 1.807) is 11.3 Å². The van der Waals surface area contributed by atoms with Crippen LogP contribution in [-0.4, -0.2) is 72.7 Å². The SMILES string of the molecule is O=C(NC[C@H](c1cccs1)c1c[nH]c2ccccc12)N1CCC(C(=O)N2CCOCC2)CC1. The number of nitrogens with one attached hydrogen (secondary N) is 2. The van der Waals surface area contributed by atoms with E-state index >= 15 is 0 Å². The number of urea groups is 1. The summed E-state index contributed by atoms with van der Waals surface area (Å²) >= 11 is 1.71. The Morgan fingerprint density at radius 3 is 2.61 bits per heavy atom. The van der Waals surface area contributed by atoms with Crippen molar-refractivity contribution >= 4 is 34.2 Å². The highest BCUT2D eigenvalue weighted by Gasteiger charge is 2.31. The van der Waals surface area contributed by atoms with Gasteiger partial charge >= 0.3 is 6.03 Å². The third kappa shape index (κ3) is 4.77. The average Bonchev–Trinajstić information content (AvgIpc) is 3.55. The van der Waals surface area contributed by atoms with Crippen molar-refractivity contribution in [3.05, 3.63) is 58.4 Å². The monoisotopic (exact) mass is 466 g/mol. The first-order chi connectivity index (χ1) is 16.2. The lowest BCUT2D eigenvalue weighted by Crippen LogP contribution is -2.49. The standard InChI is InChI=1S/C25H30N4O3S/c30-24(28-11-13-32-14-12-28)18-7-9-29(10-8-18)25(31)27-17-21(23-6-3-15-33-23)20-16-26-22-5-2-1-4-19(20)22/h1-6,15-16,18,21,26H,7-14,17H2,(H,27,31)/t21-/m0/s1.